The lowest BCUT2D eigenvalue weighted by Gasteiger charge is -2.12. The van der Waals surface area contributed by atoms with Crippen molar-refractivity contribution in [3.05, 3.63) is 71.5 Å². The van der Waals surface area contributed by atoms with Gasteiger partial charge in [-0.05, 0) is 29.7 Å². The van der Waals surface area contributed by atoms with Gasteiger partial charge in [0.05, 0.1) is 12.5 Å². The van der Waals surface area contributed by atoms with Crippen LogP contribution in [0.4, 0.5) is 4.39 Å². The van der Waals surface area contributed by atoms with E-state index in [1.807, 2.05) is 30.3 Å². The van der Waals surface area contributed by atoms with Crippen LogP contribution in [0.25, 0.3) is 0 Å². The van der Waals surface area contributed by atoms with Crippen molar-refractivity contribution in [1.82, 2.24) is 5.32 Å². The molecule has 0 saturated carbocycles. The lowest BCUT2D eigenvalue weighted by molar-refractivity contribution is -0.146. The maximum atomic E-state index is 12.8. The molecule has 1 amide bonds. The third-order valence-corrected chi connectivity index (χ3v) is 3.59. The van der Waals surface area contributed by atoms with Crippen molar-refractivity contribution in [3.63, 3.8) is 0 Å². The minimum Gasteiger partial charge on any atom is -0.461 e. The van der Waals surface area contributed by atoms with Gasteiger partial charge in [-0.3, -0.25) is 9.59 Å². The first-order valence-electron chi connectivity index (χ1n) is 8.02. The second kappa shape index (κ2) is 9.54. The summed E-state index contributed by atoms with van der Waals surface area (Å²) in [6.45, 7) is 0.510. The Kier molecular flexibility index (Phi) is 7.10. The van der Waals surface area contributed by atoms with Crippen molar-refractivity contribution in [3.8, 4) is 0 Å². The van der Waals surface area contributed by atoms with Crippen LogP contribution < -0.4 is 11.1 Å². The topological polar surface area (TPSA) is 81.4 Å². The molecule has 0 aliphatic heterocycles. The molecule has 2 rings (SSSR count). The van der Waals surface area contributed by atoms with Crippen LogP contribution in [0.15, 0.2) is 54.6 Å². The molecule has 0 aliphatic rings. The molecule has 132 valence electrons. The first kappa shape index (κ1) is 18.6. The van der Waals surface area contributed by atoms with Crippen LogP contribution in [-0.2, 0) is 27.4 Å². The summed E-state index contributed by atoms with van der Waals surface area (Å²) in [6, 6.07) is 14.3. The Morgan fingerprint density at radius 1 is 1.04 bits per heavy atom. The highest BCUT2D eigenvalue weighted by atomic mass is 19.1. The van der Waals surface area contributed by atoms with Crippen LogP contribution in [0.3, 0.4) is 0 Å². The van der Waals surface area contributed by atoms with E-state index in [4.69, 9.17) is 10.5 Å². The van der Waals surface area contributed by atoms with Crippen molar-refractivity contribution < 1.29 is 18.7 Å². The molecule has 0 heterocycles. The Hall–Kier alpha value is -2.73. The fraction of sp³-hybridized carbons (Fsp3) is 0.263. The second-order valence-electron chi connectivity index (χ2n) is 5.62. The zero-order valence-electron chi connectivity index (χ0n) is 13.8. The lowest BCUT2D eigenvalue weighted by atomic mass is 10.1. The monoisotopic (exact) mass is 344 g/mol. The SMILES string of the molecule is N[C@@H](CC(=O)OCc1ccccc1)C(=O)NCCc1ccc(F)cc1. The number of benzene rings is 2. The highest BCUT2D eigenvalue weighted by molar-refractivity contribution is 5.86. The summed E-state index contributed by atoms with van der Waals surface area (Å²) in [5.41, 5.74) is 7.49. The molecule has 0 aliphatic carbocycles. The average molecular weight is 344 g/mol. The van der Waals surface area contributed by atoms with E-state index < -0.39 is 17.9 Å². The summed E-state index contributed by atoms with van der Waals surface area (Å²) in [6.07, 6.45) is 0.367. The van der Waals surface area contributed by atoms with Gasteiger partial charge in [-0.15, -0.1) is 0 Å². The van der Waals surface area contributed by atoms with Gasteiger partial charge in [0.1, 0.15) is 12.4 Å². The third kappa shape index (κ3) is 6.73. The number of carbonyl (C=O) groups is 2. The molecule has 3 N–H and O–H groups in total. The highest BCUT2D eigenvalue weighted by Crippen LogP contribution is 2.04. The standard InChI is InChI=1S/C19H21FN2O3/c20-16-8-6-14(7-9-16)10-11-22-19(24)17(21)12-18(23)25-13-15-4-2-1-3-5-15/h1-9,17H,10-13,21H2,(H,22,24)/t17-/m0/s1. The molecule has 5 nitrogen and oxygen atoms in total. The van der Waals surface area contributed by atoms with E-state index in [2.05, 4.69) is 5.32 Å². The second-order valence-corrected chi connectivity index (χ2v) is 5.62. The van der Waals surface area contributed by atoms with E-state index >= 15 is 0 Å². The first-order valence-corrected chi connectivity index (χ1v) is 8.02. The van der Waals surface area contributed by atoms with E-state index in [0.717, 1.165) is 11.1 Å². The number of hydrogen-bond donors (Lipinski definition) is 2. The zero-order valence-corrected chi connectivity index (χ0v) is 13.8. The molecule has 0 unspecified atom stereocenters. The molecule has 0 fully saturated rings. The summed E-state index contributed by atoms with van der Waals surface area (Å²) < 4.78 is 17.9. The molecule has 2 aromatic rings. The molecular weight excluding hydrogens is 323 g/mol. The van der Waals surface area contributed by atoms with Gasteiger partial charge >= 0.3 is 5.97 Å². The quantitative estimate of drug-likeness (QED) is 0.717. The molecule has 0 spiro atoms. The zero-order chi connectivity index (χ0) is 18.1. The van der Waals surface area contributed by atoms with Crippen LogP contribution in [0.1, 0.15) is 17.5 Å². The number of nitrogens with one attached hydrogen (secondary N) is 1. The fourth-order valence-corrected chi connectivity index (χ4v) is 2.18. The minimum atomic E-state index is -0.962. The van der Waals surface area contributed by atoms with Crippen LogP contribution in [0.5, 0.6) is 0 Å². The van der Waals surface area contributed by atoms with E-state index in [1.165, 1.54) is 12.1 Å². The van der Waals surface area contributed by atoms with Gasteiger partial charge in [-0.1, -0.05) is 42.5 Å². The van der Waals surface area contributed by atoms with E-state index in [9.17, 15) is 14.0 Å². The Labute approximate surface area is 146 Å². The van der Waals surface area contributed by atoms with Crippen molar-refractivity contribution >= 4 is 11.9 Å². The van der Waals surface area contributed by atoms with Crippen molar-refractivity contribution in [2.75, 3.05) is 6.54 Å². The Balaban J connectivity index is 1.66. The van der Waals surface area contributed by atoms with Gasteiger partial charge in [0.15, 0.2) is 0 Å². The first-order chi connectivity index (χ1) is 12.0. The Morgan fingerprint density at radius 3 is 2.40 bits per heavy atom. The molecule has 25 heavy (non-hydrogen) atoms. The van der Waals surface area contributed by atoms with Crippen molar-refractivity contribution in [2.24, 2.45) is 5.73 Å². The molecule has 1 atom stereocenters. The van der Waals surface area contributed by atoms with Crippen molar-refractivity contribution in [2.45, 2.75) is 25.5 Å². The number of halogens is 1. The summed E-state index contributed by atoms with van der Waals surface area (Å²) in [7, 11) is 0. The molecular formula is C19H21FN2O3. The molecule has 6 heteroatoms. The van der Waals surface area contributed by atoms with E-state index in [-0.39, 0.29) is 18.8 Å². The van der Waals surface area contributed by atoms with Crippen molar-refractivity contribution in [1.29, 1.82) is 0 Å². The summed E-state index contributed by atoms with van der Waals surface area (Å²) in [4.78, 5) is 23.6. The summed E-state index contributed by atoms with van der Waals surface area (Å²) in [5.74, 6) is -1.24. The molecule has 0 aromatic heterocycles. The number of hydrogen-bond acceptors (Lipinski definition) is 4. The summed E-state index contributed by atoms with van der Waals surface area (Å²) >= 11 is 0. The van der Waals surface area contributed by atoms with E-state index in [0.29, 0.717) is 13.0 Å². The van der Waals surface area contributed by atoms with Crippen LogP contribution in [0, 0.1) is 5.82 Å². The molecule has 0 radical (unpaired) electrons. The number of amides is 1. The number of nitrogens with two attached hydrogens (primary N) is 1. The Morgan fingerprint density at radius 2 is 1.72 bits per heavy atom. The third-order valence-electron chi connectivity index (χ3n) is 3.59. The van der Waals surface area contributed by atoms with Gasteiger partial charge < -0.3 is 15.8 Å². The number of carbonyl (C=O) groups excluding carboxylic acids is 2. The Bertz CT molecular complexity index is 690. The smallest absolute Gasteiger partial charge is 0.308 e. The number of rotatable bonds is 8. The van der Waals surface area contributed by atoms with Gasteiger partial charge in [0.25, 0.3) is 0 Å². The molecule has 0 saturated heterocycles. The number of esters is 1. The molecule has 0 bridgehead atoms. The van der Waals surface area contributed by atoms with Gasteiger partial charge in [-0.25, -0.2) is 4.39 Å². The maximum absolute atomic E-state index is 12.8. The predicted octanol–water partition coefficient (Wildman–Crippen LogP) is 1.95. The van der Waals surface area contributed by atoms with Gasteiger partial charge in [0.2, 0.25) is 5.91 Å². The number of ether oxygens (including phenoxy) is 1. The molecule has 2 aromatic carbocycles. The maximum Gasteiger partial charge on any atom is 0.308 e. The normalized spacial score (nSPS) is 11.6. The largest absolute Gasteiger partial charge is 0.461 e. The average Bonchev–Trinajstić information content (AvgIpc) is 2.62. The van der Waals surface area contributed by atoms with Gasteiger partial charge in [0, 0.05) is 6.54 Å². The van der Waals surface area contributed by atoms with Crippen LogP contribution in [-0.4, -0.2) is 24.5 Å². The highest BCUT2D eigenvalue weighted by Gasteiger charge is 2.18. The summed E-state index contributed by atoms with van der Waals surface area (Å²) in [5, 5.41) is 2.66. The van der Waals surface area contributed by atoms with Crippen LogP contribution in [0.2, 0.25) is 0 Å². The van der Waals surface area contributed by atoms with Crippen LogP contribution >= 0.6 is 0 Å². The van der Waals surface area contributed by atoms with Gasteiger partial charge in [-0.2, -0.15) is 0 Å². The lowest BCUT2D eigenvalue weighted by Crippen LogP contribution is -2.42. The minimum absolute atomic E-state index is 0.151. The predicted molar refractivity (Wildman–Crippen MR) is 91.9 cm³/mol. The van der Waals surface area contributed by atoms with E-state index in [1.54, 1.807) is 12.1 Å². The fourth-order valence-electron chi connectivity index (χ4n) is 2.18.